The normalized spacial score (nSPS) is 22.8. The van der Waals surface area contributed by atoms with Crippen LogP contribution in [0, 0.1) is 0 Å². The van der Waals surface area contributed by atoms with E-state index < -0.39 is 24.2 Å². The summed E-state index contributed by atoms with van der Waals surface area (Å²) in [6.07, 6.45) is 1.29. The number of aliphatic hydroxyl groups is 1. The molecule has 2 rings (SSSR count). The van der Waals surface area contributed by atoms with Gasteiger partial charge in [-0.05, 0) is 24.1 Å². The maximum absolute atomic E-state index is 13.0. The van der Waals surface area contributed by atoms with E-state index in [1.165, 1.54) is 17.3 Å². The Morgan fingerprint density at radius 1 is 1.56 bits per heavy atom. The largest absolute Gasteiger partial charge is 0.386 e. The number of rotatable bonds is 3. The highest BCUT2D eigenvalue weighted by atomic mass is 19.1. The topological polar surface area (TPSA) is 79.5 Å². The van der Waals surface area contributed by atoms with Crippen molar-refractivity contribution in [2.75, 3.05) is 13.1 Å². The van der Waals surface area contributed by atoms with Gasteiger partial charge in [0.05, 0.1) is 6.54 Å². The molecular weight excluding hydrogens is 237 g/mol. The minimum atomic E-state index is -1.10. The van der Waals surface area contributed by atoms with Gasteiger partial charge in [0, 0.05) is 18.9 Å². The highest BCUT2D eigenvalue weighted by Gasteiger charge is 2.32. The van der Waals surface area contributed by atoms with Crippen molar-refractivity contribution in [3.05, 3.63) is 30.1 Å². The molecular formula is C12H16FN3O2. The minimum Gasteiger partial charge on any atom is -0.386 e. The van der Waals surface area contributed by atoms with Crippen molar-refractivity contribution < 1.29 is 14.3 Å². The van der Waals surface area contributed by atoms with Crippen LogP contribution in [-0.4, -0.2) is 46.2 Å². The predicted octanol–water partition coefficient (Wildman–Crippen LogP) is 0.0127. The van der Waals surface area contributed by atoms with Crippen LogP contribution in [0.1, 0.15) is 18.1 Å². The van der Waals surface area contributed by atoms with Crippen molar-refractivity contribution in [1.29, 1.82) is 0 Å². The highest BCUT2D eigenvalue weighted by molar-refractivity contribution is 5.82. The summed E-state index contributed by atoms with van der Waals surface area (Å²) in [7, 11) is 0. The van der Waals surface area contributed by atoms with Crippen LogP contribution in [0.5, 0.6) is 0 Å². The third-order valence-electron chi connectivity index (χ3n) is 3.12. The molecule has 98 valence electrons. The Hall–Kier alpha value is -1.53. The number of aromatic nitrogens is 1. The first-order valence-corrected chi connectivity index (χ1v) is 5.86. The van der Waals surface area contributed by atoms with Crippen LogP contribution < -0.4 is 5.73 Å². The average Bonchev–Trinajstić information content (AvgIpc) is 2.84. The van der Waals surface area contributed by atoms with Gasteiger partial charge in [-0.1, -0.05) is 0 Å². The van der Waals surface area contributed by atoms with Gasteiger partial charge < -0.3 is 15.7 Å². The van der Waals surface area contributed by atoms with Crippen LogP contribution in [0.25, 0.3) is 0 Å². The quantitative estimate of drug-likeness (QED) is 0.795. The number of likely N-dealkylation sites (tertiary alicyclic amines) is 1. The van der Waals surface area contributed by atoms with Gasteiger partial charge in [-0.3, -0.25) is 9.78 Å². The minimum absolute atomic E-state index is 0.0651. The molecule has 3 atom stereocenters. The summed E-state index contributed by atoms with van der Waals surface area (Å²) < 4.78 is 13.0. The van der Waals surface area contributed by atoms with E-state index in [9.17, 15) is 14.3 Å². The lowest BCUT2D eigenvalue weighted by atomic mass is 10.0. The molecule has 1 aliphatic rings. The molecule has 1 amide bonds. The lowest BCUT2D eigenvalue weighted by molar-refractivity contribution is -0.134. The number of halogens is 1. The molecule has 2 unspecified atom stereocenters. The smallest absolute Gasteiger partial charge is 0.242 e. The first-order valence-electron chi connectivity index (χ1n) is 5.86. The van der Waals surface area contributed by atoms with Gasteiger partial charge in [-0.25, -0.2) is 4.39 Å². The molecule has 0 spiro atoms. The lowest BCUT2D eigenvalue weighted by Gasteiger charge is -2.23. The summed E-state index contributed by atoms with van der Waals surface area (Å²) in [5.41, 5.74) is 6.26. The molecule has 18 heavy (non-hydrogen) atoms. The van der Waals surface area contributed by atoms with Gasteiger partial charge in [0.25, 0.3) is 0 Å². The van der Waals surface area contributed by atoms with E-state index in [1.807, 2.05) is 0 Å². The molecule has 0 aliphatic carbocycles. The molecule has 6 heteroatoms. The van der Waals surface area contributed by atoms with Gasteiger partial charge in [-0.15, -0.1) is 0 Å². The molecule has 0 saturated carbocycles. The molecule has 0 bridgehead atoms. The molecule has 1 aromatic rings. The zero-order valence-electron chi connectivity index (χ0n) is 9.87. The maximum atomic E-state index is 13.0. The molecule has 2 heterocycles. The zero-order valence-corrected chi connectivity index (χ0v) is 9.87. The zero-order chi connectivity index (χ0) is 13.1. The van der Waals surface area contributed by atoms with Crippen molar-refractivity contribution in [1.82, 2.24) is 9.88 Å². The number of hydrogen-bond donors (Lipinski definition) is 2. The number of nitrogens with two attached hydrogens (primary N) is 1. The third-order valence-corrected chi connectivity index (χ3v) is 3.12. The van der Waals surface area contributed by atoms with Crippen LogP contribution >= 0.6 is 0 Å². The van der Waals surface area contributed by atoms with E-state index in [2.05, 4.69) is 4.98 Å². The number of hydrogen-bond acceptors (Lipinski definition) is 4. The number of carbonyl (C=O) groups is 1. The van der Waals surface area contributed by atoms with Gasteiger partial charge in [-0.2, -0.15) is 0 Å². The molecule has 5 nitrogen and oxygen atoms in total. The van der Waals surface area contributed by atoms with Crippen molar-refractivity contribution in [3.63, 3.8) is 0 Å². The van der Waals surface area contributed by atoms with Gasteiger partial charge >= 0.3 is 0 Å². The van der Waals surface area contributed by atoms with Crippen molar-refractivity contribution in [2.45, 2.75) is 24.7 Å². The monoisotopic (exact) mass is 253 g/mol. The number of pyridine rings is 1. The standard InChI is InChI=1S/C12H16FN3O2/c13-9-3-6-16(7-9)12(18)10(14)11(17)8-1-4-15-5-2-8/h1-2,4-5,9-11,17H,3,6-7,14H2/t9-,10?,11?/m1/s1. The van der Waals surface area contributed by atoms with Crippen LogP contribution in [0.15, 0.2) is 24.5 Å². The van der Waals surface area contributed by atoms with Crippen molar-refractivity contribution in [2.24, 2.45) is 5.73 Å². The van der Waals surface area contributed by atoms with Gasteiger partial charge in [0.15, 0.2) is 0 Å². The van der Waals surface area contributed by atoms with Crippen LogP contribution in [-0.2, 0) is 4.79 Å². The van der Waals surface area contributed by atoms with E-state index in [4.69, 9.17) is 5.73 Å². The van der Waals surface area contributed by atoms with E-state index in [1.54, 1.807) is 12.1 Å². The number of nitrogens with zero attached hydrogens (tertiary/aromatic N) is 2. The second-order valence-corrected chi connectivity index (χ2v) is 4.42. The fraction of sp³-hybridized carbons (Fsp3) is 0.500. The Morgan fingerprint density at radius 2 is 2.22 bits per heavy atom. The molecule has 1 saturated heterocycles. The Bertz CT molecular complexity index is 415. The summed E-state index contributed by atoms with van der Waals surface area (Å²) in [4.78, 5) is 17.1. The van der Waals surface area contributed by atoms with Crippen LogP contribution in [0.4, 0.5) is 4.39 Å². The molecule has 1 aromatic heterocycles. The number of alkyl halides is 1. The third kappa shape index (κ3) is 2.65. The Labute approximate surface area is 104 Å². The van der Waals surface area contributed by atoms with Gasteiger partial charge in [0.2, 0.25) is 5.91 Å². The van der Waals surface area contributed by atoms with Crippen LogP contribution in [0.2, 0.25) is 0 Å². The molecule has 1 aliphatic heterocycles. The highest BCUT2D eigenvalue weighted by Crippen LogP contribution is 2.19. The van der Waals surface area contributed by atoms with Gasteiger partial charge in [0.1, 0.15) is 18.3 Å². The first-order chi connectivity index (χ1) is 8.59. The number of carbonyl (C=O) groups excluding carboxylic acids is 1. The molecule has 3 N–H and O–H groups in total. The summed E-state index contributed by atoms with van der Waals surface area (Å²) >= 11 is 0. The average molecular weight is 253 g/mol. The molecule has 0 aromatic carbocycles. The summed E-state index contributed by atoms with van der Waals surface area (Å²) in [5, 5.41) is 9.99. The second-order valence-electron chi connectivity index (χ2n) is 4.42. The SMILES string of the molecule is NC(C(=O)N1CC[C@@H](F)C1)C(O)c1ccncc1. The Morgan fingerprint density at radius 3 is 2.78 bits per heavy atom. The second kappa shape index (κ2) is 5.41. The fourth-order valence-electron chi connectivity index (χ4n) is 2.03. The Kier molecular flexibility index (Phi) is 3.88. The van der Waals surface area contributed by atoms with E-state index >= 15 is 0 Å². The Balaban J connectivity index is 2.02. The van der Waals surface area contributed by atoms with E-state index in [-0.39, 0.29) is 6.54 Å². The number of amides is 1. The van der Waals surface area contributed by atoms with E-state index in [0.29, 0.717) is 18.5 Å². The number of aliphatic hydroxyl groups excluding tert-OH is 1. The van der Waals surface area contributed by atoms with Crippen LogP contribution in [0.3, 0.4) is 0 Å². The van der Waals surface area contributed by atoms with Crippen molar-refractivity contribution in [3.8, 4) is 0 Å². The van der Waals surface area contributed by atoms with Crippen molar-refractivity contribution >= 4 is 5.91 Å². The predicted molar refractivity (Wildman–Crippen MR) is 63.3 cm³/mol. The maximum Gasteiger partial charge on any atom is 0.242 e. The first kappa shape index (κ1) is 12.9. The van der Waals surface area contributed by atoms with E-state index in [0.717, 1.165) is 0 Å². The summed E-state index contributed by atoms with van der Waals surface area (Å²) in [6.45, 7) is 0.423. The summed E-state index contributed by atoms with van der Waals surface area (Å²) in [5.74, 6) is -0.417. The lowest BCUT2D eigenvalue weighted by Crippen LogP contribution is -2.46. The fourth-order valence-corrected chi connectivity index (χ4v) is 2.03. The molecule has 0 radical (unpaired) electrons. The molecule has 1 fully saturated rings. The summed E-state index contributed by atoms with van der Waals surface area (Å²) in [6, 6.07) is 2.12.